The number of carbonyl (C=O) groups excluding carboxylic acids is 1. The van der Waals surface area contributed by atoms with Crippen LogP contribution in [0.2, 0.25) is 0 Å². The first-order valence-electron chi connectivity index (χ1n) is 8.27. The topological polar surface area (TPSA) is 36.1 Å². The van der Waals surface area contributed by atoms with Gasteiger partial charge in [0.2, 0.25) is 5.91 Å². The molecule has 2 heterocycles. The Morgan fingerprint density at radius 2 is 2.14 bits per heavy atom. The number of fused-ring (bicyclic) bond motifs is 3. The number of carbonyl (C=O) groups is 1. The summed E-state index contributed by atoms with van der Waals surface area (Å²) in [5, 5.41) is 0.924. The molecule has 0 saturated heterocycles. The quantitative estimate of drug-likeness (QED) is 0.900. The fourth-order valence-corrected chi connectivity index (χ4v) is 3.99. The van der Waals surface area contributed by atoms with Crippen molar-refractivity contribution < 1.29 is 9.18 Å². The van der Waals surface area contributed by atoms with Gasteiger partial charge in [-0.15, -0.1) is 0 Å². The second kappa shape index (κ2) is 5.41. The molecule has 2 aliphatic rings. The molecule has 0 bridgehead atoms. The van der Waals surface area contributed by atoms with Crippen LogP contribution in [0.4, 0.5) is 4.39 Å². The zero-order valence-electron chi connectivity index (χ0n) is 12.7. The van der Waals surface area contributed by atoms with Gasteiger partial charge < -0.3 is 9.88 Å². The van der Waals surface area contributed by atoms with E-state index in [1.807, 2.05) is 4.90 Å². The summed E-state index contributed by atoms with van der Waals surface area (Å²) in [7, 11) is 0. The Kier molecular flexibility index (Phi) is 3.40. The number of nitrogens with zero attached hydrogens (tertiary/aromatic N) is 1. The van der Waals surface area contributed by atoms with Gasteiger partial charge in [0.1, 0.15) is 5.82 Å². The smallest absolute Gasteiger partial charge is 0.223 e. The van der Waals surface area contributed by atoms with Crippen molar-refractivity contribution in [2.45, 2.75) is 45.1 Å². The number of amides is 1. The largest absolute Gasteiger partial charge is 0.358 e. The molecule has 0 spiro atoms. The van der Waals surface area contributed by atoms with Crippen LogP contribution >= 0.6 is 0 Å². The Morgan fingerprint density at radius 3 is 2.95 bits per heavy atom. The van der Waals surface area contributed by atoms with Crippen LogP contribution < -0.4 is 0 Å². The van der Waals surface area contributed by atoms with E-state index in [1.54, 1.807) is 12.1 Å². The van der Waals surface area contributed by atoms with E-state index in [9.17, 15) is 9.18 Å². The number of aromatic amines is 1. The van der Waals surface area contributed by atoms with Crippen molar-refractivity contribution in [3.63, 3.8) is 0 Å². The van der Waals surface area contributed by atoms with Crippen molar-refractivity contribution in [1.29, 1.82) is 0 Å². The molecule has 22 heavy (non-hydrogen) atoms. The number of hydrogen-bond acceptors (Lipinski definition) is 1. The predicted molar refractivity (Wildman–Crippen MR) is 84.0 cm³/mol. The maximum Gasteiger partial charge on any atom is 0.223 e. The molecule has 1 N–H and O–H groups in total. The van der Waals surface area contributed by atoms with Gasteiger partial charge in [-0.3, -0.25) is 4.79 Å². The minimum Gasteiger partial charge on any atom is -0.358 e. The van der Waals surface area contributed by atoms with Gasteiger partial charge in [-0.25, -0.2) is 4.39 Å². The average Bonchev–Trinajstić information content (AvgIpc) is 3.14. The molecule has 4 rings (SSSR count). The third-order valence-corrected chi connectivity index (χ3v) is 5.23. The maximum atomic E-state index is 13.5. The van der Waals surface area contributed by atoms with Gasteiger partial charge in [0.05, 0.1) is 0 Å². The molecule has 1 amide bonds. The number of halogens is 1. The summed E-state index contributed by atoms with van der Waals surface area (Å²) in [5.74, 6) is 0.626. The summed E-state index contributed by atoms with van der Waals surface area (Å²) in [5.41, 5.74) is 3.22. The van der Waals surface area contributed by atoms with E-state index in [2.05, 4.69) is 4.98 Å². The number of nitrogens with one attached hydrogen (secondary N) is 1. The fraction of sp³-hybridized carbons (Fsp3) is 0.500. The van der Waals surface area contributed by atoms with Crippen LogP contribution in [-0.4, -0.2) is 22.3 Å². The third-order valence-electron chi connectivity index (χ3n) is 5.23. The molecule has 1 aromatic carbocycles. The molecular weight excluding hydrogens is 279 g/mol. The third kappa shape index (κ3) is 2.40. The highest BCUT2D eigenvalue weighted by Crippen LogP contribution is 2.31. The van der Waals surface area contributed by atoms with E-state index in [0.717, 1.165) is 35.1 Å². The lowest BCUT2D eigenvalue weighted by molar-refractivity contribution is -0.133. The van der Waals surface area contributed by atoms with Gasteiger partial charge in [-0.1, -0.05) is 12.8 Å². The Morgan fingerprint density at radius 1 is 1.32 bits per heavy atom. The van der Waals surface area contributed by atoms with E-state index in [4.69, 9.17) is 0 Å². The van der Waals surface area contributed by atoms with Crippen molar-refractivity contribution in [3.8, 4) is 0 Å². The molecule has 4 heteroatoms. The second-order valence-corrected chi connectivity index (χ2v) is 6.69. The molecule has 1 aromatic heterocycles. The van der Waals surface area contributed by atoms with Crippen molar-refractivity contribution in [3.05, 3.63) is 35.3 Å². The van der Waals surface area contributed by atoms with Gasteiger partial charge >= 0.3 is 0 Å². The Bertz CT molecular complexity index is 715. The molecule has 0 atom stereocenters. The lowest BCUT2D eigenvalue weighted by Gasteiger charge is -2.28. The molecule has 2 aromatic rings. The number of hydrogen-bond donors (Lipinski definition) is 1. The van der Waals surface area contributed by atoms with Crippen LogP contribution in [0.3, 0.4) is 0 Å². The minimum absolute atomic E-state index is 0.219. The van der Waals surface area contributed by atoms with Gasteiger partial charge in [0.25, 0.3) is 0 Å². The zero-order chi connectivity index (χ0) is 15.1. The van der Waals surface area contributed by atoms with E-state index in [-0.39, 0.29) is 11.7 Å². The van der Waals surface area contributed by atoms with Gasteiger partial charge in [-0.05, 0) is 37.0 Å². The predicted octanol–water partition coefficient (Wildman–Crippen LogP) is 3.77. The van der Waals surface area contributed by atoms with Crippen molar-refractivity contribution in [2.75, 3.05) is 6.54 Å². The Balaban J connectivity index is 1.56. The van der Waals surface area contributed by atoms with E-state index in [1.165, 1.54) is 31.7 Å². The Hall–Kier alpha value is -1.84. The van der Waals surface area contributed by atoms with E-state index < -0.39 is 0 Å². The molecular formula is C18H21FN2O. The highest BCUT2D eigenvalue weighted by molar-refractivity contribution is 5.86. The van der Waals surface area contributed by atoms with Crippen LogP contribution in [-0.2, 0) is 17.8 Å². The lowest BCUT2D eigenvalue weighted by atomic mass is 10.0. The lowest BCUT2D eigenvalue weighted by Crippen LogP contribution is -2.36. The summed E-state index contributed by atoms with van der Waals surface area (Å²) >= 11 is 0. The molecule has 1 aliphatic carbocycles. The fourth-order valence-electron chi connectivity index (χ4n) is 3.99. The van der Waals surface area contributed by atoms with Gasteiger partial charge in [0.15, 0.2) is 0 Å². The van der Waals surface area contributed by atoms with Crippen molar-refractivity contribution in [2.24, 2.45) is 5.92 Å². The molecule has 1 aliphatic heterocycles. The second-order valence-electron chi connectivity index (χ2n) is 6.69. The molecule has 1 saturated carbocycles. The Labute approximate surface area is 129 Å². The summed E-state index contributed by atoms with van der Waals surface area (Å²) in [6, 6.07) is 4.84. The van der Waals surface area contributed by atoms with Crippen LogP contribution in [0.25, 0.3) is 10.9 Å². The van der Waals surface area contributed by atoms with Crippen LogP contribution in [0, 0.1) is 11.7 Å². The molecule has 1 fully saturated rings. The summed E-state index contributed by atoms with van der Waals surface area (Å²) in [6.45, 7) is 1.39. The van der Waals surface area contributed by atoms with Gasteiger partial charge in [-0.2, -0.15) is 0 Å². The SMILES string of the molecule is O=C(CC1CCCC1)N1CCc2[nH]c3ccc(F)cc3c2C1. The van der Waals surface area contributed by atoms with E-state index >= 15 is 0 Å². The number of benzene rings is 1. The van der Waals surface area contributed by atoms with Crippen LogP contribution in [0.15, 0.2) is 18.2 Å². The van der Waals surface area contributed by atoms with E-state index in [0.29, 0.717) is 18.9 Å². The molecule has 116 valence electrons. The standard InChI is InChI=1S/C18H21FN2O/c19-13-5-6-16-14(10-13)15-11-21(8-7-17(15)20-16)18(22)9-12-3-1-2-4-12/h5-6,10,12,20H,1-4,7-9,11H2. The summed E-state index contributed by atoms with van der Waals surface area (Å²) in [6.07, 6.45) is 6.45. The first kappa shape index (κ1) is 13.8. The number of aromatic nitrogens is 1. The monoisotopic (exact) mass is 300 g/mol. The first-order chi connectivity index (χ1) is 10.7. The molecule has 0 radical (unpaired) electrons. The highest BCUT2D eigenvalue weighted by Gasteiger charge is 2.26. The molecule has 0 unspecified atom stereocenters. The molecule has 3 nitrogen and oxygen atoms in total. The first-order valence-corrected chi connectivity index (χ1v) is 8.27. The zero-order valence-corrected chi connectivity index (χ0v) is 12.7. The summed E-state index contributed by atoms with van der Waals surface area (Å²) in [4.78, 5) is 17.9. The highest BCUT2D eigenvalue weighted by atomic mass is 19.1. The van der Waals surface area contributed by atoms with Crippen molar-refractivity contribution >= 4 is 16.8 Å². The van der Waals surface area contributed by atoms with Crippen LogP contribution in [0.1, 0.15) is 43.4 Å². The normalized spacial score (nSPS) is 18.9. The minimum atomic E-state index is -0.219. The maximum absolute atomic E-state index is 13.5. The van der Waals surface area contributed by atoms with Crippen molar-refractivity contribution in [1.82, 2.24) is 9.88 Å². The summed E-state index contributed by atoms with van der Waals surface area (Å²) < 4.78 is 13.5. The van der Waals surface area contributed by atoms with Gasteiger partial charge in [0, 0.05) is 48.1 Å². The van der Waals surface area contributed by atoms with Crippen LogP contribution in [0.5, 0.6) is 0 Å². The number of rotatable bonds is 2. The average molecular weight is 300 g/mol. The number of H-pyrrole nitrogens is 1.